The zero-order valence-corrected chi connectivity index (χ0v) is 72.4. The van der Waals surface area contributed by atoms with Crippen molar-refractivity contribution in [2.45, 2.75) is 484 Å². The van der Waals surface area contributed by atoms with Crippen molar-refractivity contribution >= 4 is 39.5 Å². The maximum Gasteiger partial charge on any atom is 0.472 e. The highest BCUT2D eigenvalue weighted by molar-refractivity contribution is 7.47. The normalized spacial score (nSPS) is 14.3. The lowest BCUT2D eigenvalue weighted by molar-refractivity contribution is -0.161. The number of carbonyl (C=O) groups is 4. The van der Waals surface area contributed by atoms with Gasteiger partial charge in [0.1, 0.15) is 19.3 Å². The Bertz CT molecular complexity index is 2060. The first-order valence-corrected chi connectivity index (χ1v) is 48.4. The molecule has 3 N–H and O–H groups in total. The summed E-state index contributed by atoms with van der Waals surface area (Å²) in [5, 5.41) is 10.7. The van der Waals surface area contributed by atoms with Gasteiger partial charge >= 0.3 is 39.5 Å². The molecule has 0 spiro atoms. The molecule has 0 bridgehead atoms. The second kappa shape index (κ2) is 78.0. The molecule has 0 saturated heterocycles. The molecule has 0 aromatic heterocycles. The summed E-state index contributed by atoms with van der Waals surface area (Å²) < 4.78 is 68.9. The van der Waals surface area contributed by atoms with Crippen LogP contribution in [0, 0.1) is 17.8 Å². The maximum absolute atomic E-state index is 13.2. The SMILES string of the molecule is CCCCCCCCCCCCCCCCCCCCCCC(=O)OC[C@H](COP(=O)(O)OC[C@@H](O)COP(=O)(O)OC[C@@H](COC(=O)CCCCCCCCCCC(C)C)OC(=O)CCCCCCCCCCCCC(C)CC)OC(=O)CCCCCCCCCCCCCCCCCCCCC(C)CC. The highest BCUT2D eigenvalue weighted by atomic mass is 31.2. The molecule has 0 heterocycles. The van der Waals surface area contributed by atoms with Gasteiger partial charge in [0.25, 0.3) is 0 Å². The van der Waals surface area contributed by atoms with Crippen molar-refractivity contribution in [1.29, 1.82) is 0 Å². The molecule has 0 aromatic carbocycles. The fourth-order valence-electron chi connectivity index (χ4n) is 13.7. The maximum atomic E-state index is 13.2. The van der Waals surface area contributed by atoms with Crippen molar-refractivity contribution in [2.75, 3.05) is 39.6 Å². The number of phosphoric ester groups is 2. The van der Waals surface area contributed by atoms with E-state index in [0.717, 1.165) is 108 Å². The summed E-state index contributed by atoms with van der Waals surface area (Å²) in [5.41, 5.74) is 0. The van der Waals surface area contributed by atoms with Crippen LogP contribution in [0.2, 0.25) is 0 Å². The number of rotatable bonds is 86. The summed E-state index contributed by atoms with van der Waals surface area (Å²) in [6, 6.07) is 0. The van der Waals surface area contributed by atoms with Gasteiger partial charge in [-0.25, -0.2) is 9.13 Å². The Morgan fingerprint density at radius 1 is 0.271 bits per heavy atom. The number of hydrogen-bond donors (Lipinski definition) is 3. The monoisotopic (exact) mass is 1560 g/mol. The summed E-state index contributed by atoms with van der Waals surface area (Å²) in [7, 11) is -9.93. The van der Waals surface area contributed by atoms with E-state index < -0.39 is 97.5 Å². The molecule has 0 aromatic rings. The van der Waals surface area contributed by atoms with E-state index in [0.29, 0.717) is 25.7 Å². The summed E-state index contributed by atoms with van der Waals surface area (Å²) in [6.07, 6.45) is 69.5. The van der Waals surface area contributed by atoms with Crippen molar-refractivity contribution in [2.24, 2.45) is 17.8 Å². The van der Waals surface area contributed by atoms with Crippen LogP contribution in [-0.2, 0) is 65.4 Å². The topological polar surface area (TPSA) is 237 Å². The Hall–Kier alpha value is -1.94. The number of phosphoric acid groups is 2. The van der Waals surface area contributed by atoms with Crippen molar-refractivity contribution in [3.63, 3.8) is 0 Å². The Balaban J connectivity index is 5.23. The third-order valence-electron chi connectivity index (χ3n) is 21.4. The predicted molar refractivity (Wildman–Crippen MR) is 441 cm³/mol. The highest BCUT2D eigenvalue weighted by Gasteiger charge is 2.31. The fourth-order valence-corrected chi connectivity index (χ4v) is 15.2. The first-order chi connectivity index (χ1) is 51.8. The van der Waals surface area contributed by atoms with Gasteiger partial charge in [0, 0.05) is 25.7 Å². The molecule has 107 heavy (non-hydrogen) atoms. The van der Waals surface area contributed by atoms with Crippen molar-refractivity contribution in [3.05, 3.63) is 0 Å². The second-order valence-corrected chi connectivity index (χ2v) is 35.5. The van der Waals surface area contributed by atoms with Crippen molar-refractivity contribution in [3.8, 4) is 0 Å². The zero-order valence-electron chi connectivity index (χ0n) is 70.6. The Morgan fingerprint density at radius 3 is 0.710 bits per heavy atom. The van der Waals surface area contributed by atoms with E-state index >= 15 is 0 Å². The van der Waals surface area contributed by atoms with E-state index in [4.69, 9.17) is 37.0 Å². The molecule has 4 unspecified atom stereocenters. The molecule has 0 radical (unpaired) electrons. The second-order valence-electron chi connectivity index (χ2n) is 32.6. The summed E-state index contributed by atoms with van der Waals surface area (Å²) in [6.45, 7) is 12.0. The molecule has 17 nitrogen and oxygen atoms in total. The molecular formula is C88H172O17P2. The van der Waals surface area contributed by atoms with Gasteiger partial charge < -0.3 is 33.8 Å². The summed E-state index contributed by atoms with van der Waals surface area (Å²) >= 11 is 0. The minimum absolute atomic E-state index is 0.106. The molecule has 0 saturated carbocycles. The molecular weight excluding hydrogens is 1390 g/mol. The quantitative estimate of drug-likeness (QED) is 0.0222. The van der Waals surface area contributed by atoms with E-state index in [-0.39, 0.29) is 25.7 Å². The van der Waals surface area contributed by atoms with E-state index in [1.807, 2.05) is 0 Å². The number of unbranched alkanes of at least 4 members (excludes halogenated alkanes) is 52. The first-order valence-electron chi connectivity index (χ1n) is 45.4. The Kier molecular flexibility index (Phi) is 76.6. The number of aliphatic hydroxyl groups is 1. The van der Waals surface area contributed by atoms with E-state index in [9.17, 15) is 43.2 Å². The molecule has 0 fully saturated rings. The molecule has 19 heteroatoms. The average Bonchev–Trinajstić information content (AvgIpc) is 0.905. The van der Waals surface area contributed by atoms with Gasteiger partial charge in [-0.3, -0.25) is 37.3 Å². The van der Waals surface area contributed by atoms with E-state index in [1.165, 1.54) is 276 Å². The van der Waals surface area contributed by atoms with Crippen molar-refractivity contribution in [1.82, 2.24) is 0 Å². The predicted octanol–water partition coefficient (Wildman–Crippen LogP) is 26.9. The zero-order chi connectivity index (χ0) is 78.6. The van der Waals surface area contributed by atoms with Crippen molar-refractivity contribution < 1.29 is 80.2 Å². The highest BCUT2D eigenvalue weighted by Crippen LogP contribution is 2.45. The summed E-state index contributed by atoms with van der Waals surface area (Å²) in [5.74, 6) is 0.296. The molecule has 0 aliphatic heterocycles. The largest absolute Gasteiger partial charge is 0.472 e. The molecule has 0 aliphatic rings. The van der Waals surface area contributed by atoms with E-state index in [2.05, 4.69) is 48.5 Å². The van der Waals surface area contributed by atoms with Crippen LogP contribution in [0.4, 0.5) is 0 Å². The first kappa shape index (κ1) is 105. The number of aliphatic hydroxyl groups excluding tert-OH is 1. The number of esters is 4. The van der Waals surface area contributed by atoms with Gasteiger partial charge in [-0.2, -0.15) is 0 Å². The van der Waals surface area contributed by atoms with Crippen LogP contribution >= 0.6 is 15.6 Å². The van der Waals surface area contributed by atoms with Gasteiger partial charge in [-0.15, -0.1) is 0 Å². The van der Waals surface area contributed by atoms with Gasteiger partial charge in [-0.1, -0.05) is 414 Å². The third-order valence-corrected chi connectivity index (χ3v) is 23.3. The van der Waals surface area contributed by atoms with Crippen LogP contribution in [0.3, 0.4) is 0 Å². The standard InChI is InChI=1S/C88H172O17P2/c1-8-11-12-13-14-15-16-17-18-19-20-21-25-28-31-34-40-48-55-62-69-85(90)98-75-83(104-87(92)71-64-57-50-41-35-32-29-26-23-22-24-27-30-33-38-46-53-60-67-80(6)9-2)77-102-106(94,95)100-73-82(89)74-101-107(96,97)103-78-84(76-99-86(91)70-63-56-49-44-43-45-52-59-66-79(4)5)105-88(93)72-65-58-51-42-37-36-39-47-54-61-68-81(7)10-3/h79-84,89H,8-78H2,1-7H3,(H,94,95)(H,96,97)/t80?,81?,82-,83-,84-/m1/s1. The average molecular weight is 1560 g/mol. The van der Waals surface area contributed by atoms with Gasteiger partial charge in [0.05, 0.1) is 26.4 Å². The lowest BCUT2D eigenvalue weighted by Crippen LogP contribution is -2.30. The van der Waals surface area contributed by atoms with Crippen LogP contribution in [0.25, 0.3) is 0 Å². The molecule has 7 atom stereocenters. The molecule has 0 rings (SSSR count). The number of carbonyl (C=O) groups excluding carboxylic acids is 4. The lowest BCUT2D eigenvalue weighted by atomic mass is 9.99. The van der Waals surface area contributed by atoms with E-state index in [1.54, 1.807) is 0 Å². The summed E-state index contributed by atoms with van der Waals surface area (Å²) in [4.78, 5) is 73.3. The lowest BCUT2D eigenvalue weighted by Gasteiger charge is -2.21. The molecule has 0 aliphatic carbocycles. The van der Waals surface area contributed by atoms with Crippen LogP contribution in [0.15, 0.2) is 0 Å². The van der Waals surface area contributed by atoms with Gasteiger partial charge in [0.15, 0.2) is 12.2 Å². The minimum atomic E-state index is -4.97. The number of hydrogen-bond acceptors (Lipinski definition) is 15. The smallest absolute Gasteiger partial charge is 0.462 e. The third kappa shape index (κ3) is 79.1. The Labute approximate surface area is 658 Å². The number of ether oxygens (including phenoxy) is 4. The van der Waals surface area contributed by atoms with Crippen LogP contribution in [0.5, 0.6) is 0 Å². The van der Waals surface area contributed by atoms with Crippen LogP contribution in [0.1, 0.15) is 466 Å². The van der Waals surface area contributed by atoms with Crippen LogP contribution < -0.4 is 0 Å². The van der Waals surface area contributed by atoms with Gasteiger partial charge in [0.2, 0.25) is 0 Å². The Morgan fingerprint density at radius 2 is 0.477 bits per heavy atom. The van der Waals surface area contributed by atoms with Crippen LogP contribution in [-0.4, -0.2) is 96.7 Å². The molecule has 0 amide bonds. The molecule has 636 valence electrons. The minimum Gasteiger partial charge on any atom is -0.462 e. The fraction of sp³-hybridized carbons (Fsp3) is 0.955. The van der Waals surface area contributed by atoms with Gasteiger partial charge in [-0.05, 0) is 43.4 Å².